The molecule has 0 unspecified atom stereocenters. The monoisotopic (exact) mass is 322 g/mol. The van der Waals surface area contributed by atoms with Crippen LogP contribution in [0.25, 0.3) is 0 Å². The number of aromatic nitrogens is 1. The van der Waals surface area contributed by atoms with Crippen molar-refractivity contribution in [1.29, 1.82) is 0 Å². The van der Waals surface area contributed by atoms with Crippen LogP contribution in [0.15, 0.2) is 17.2 Å². The number of hydrogen-bond donors (Lipinski definition) is 1. The quantitative estimate of drug-likeness (QED) is 0.800. The molecule has 7 nitrogen and oxygen atoms in total. The Morgan fingerprint density at radius 3 is 2.35 bits per heavy atom. The van der Waals surface area contributed by atoms with Gasteiger partial charge in [-0.3, -0.25) is 0 Å². The minimum atomic E-state index is -3.70. The molecule has 2 heterocycles. The van der Waals surface area contributed by atoms with Gasteiger partial charge in [0.25, 0.3) is 0 Å². The van der Waals surface area contributed by atoms with Gasteiger partial charge in [-0.2, -0.15) is 4.31 Å². The molecular weight excluding hydrogens is 304 g/mol. The average Bonchev–Trinajstić information content (AvgIpc) is 2.82. The molecule has 1 fully saturated rings. The fourth-order valence-corrected chi connectivity index (χ4v) is 5.12. The molecule has 0 aliphatic carbocycles. The van der Waals surface area contributed by atoms with Crippen LogP contribution in [0, 0.1) is 0 Å². The highest BCUT2D eigenvalue weighted by atomic mass is 32.2. The molecule has 0 radical (unpaired) electrons. The van der Waals surface area contributed by atoms with Crippen LogP contribution in [-0.2, 0) is 33.0 Å². The molecule has 9 heteroatoms. The fraction of sp³-hybridized carbons (Fsp3) is 0.636. The summed E-state index contributed by atoms with van der Waals surface area (Å²) in [6.45, 7) is 2.13. The van der Waals surface area contributed by atoms with Crippen molar-refractivity contribution in [2.75, 3.05) is 24.6 Å². The van der Waals surface area contributed by atoms with E-state index in [1.54, 1.807) is 4.57 Å². The third-order valence-corrected chi connectivity index (χ3v) is 6.88. The Balaban J connectivity index is 2.29. The van der Waals surface area contributed by atoms with E-state index in [4.69, 9.17) is 0 Å². The number of sulfonamides is 1. The zero-order valence-corrected chi connectivity index (χ0v) is 12.8. The SMILES string of the molecule is CCn1cc(S(=O)(=O)N2CCS(=O)(=O)CC2)cc1CO. The summed E-state index contributed by atoms with van der Waals surface area (Å²) in [4.78, 5) is 0.0997. The molecule has 1 saturated heterocycles. The third kappa shape index (κ3) is 2.90. The molecule has 2 rings (SSSR count). The van der Waals surface area contributed by atoms with Gasteiger partial charge in [0.05, 0.1) is 18.1 Å². The Morgan fingerprint density at radius 1 is 1.30 bits per heavy atom. The summed E-state index contributed by atoms with van der Waals surface area (Å²) in [6, 6.07) is 1.43. The number of aliphatic hydroxyl groups excluding tert-OH is 1. The molecule has 114 valence electrons. The number of nitrogens with zero attached hydrogens (tertiary/aromatic N) is 2. The summed E-state index contributed by atoms with van der Waals surface area (Å²) in [5.74, 6) is -0.291. The van der Waals surface area contributed by atoms with Gasteiger partial charge in [0, 0.05) is 31.5 Å². The molecule has 1 aliphatic rings. The summed E-state index contributed by atoms with van der Waals surface area (Å²) in [6.07, 6.45) is 1.48. The van der Waals surface area contributed by atoms with Crippen LogP contribution in [0.2, 0.25) is 0 Å². The van der Waals surface area contributed by atoms with Crippen molar-refractivity contribution in [3.05, 3.63) is 18.0 Å². The second kappa shape index (κ2) is 5.47. The highest BCUT2D eigenvalue weighted by molar-refractivity contribution is 7.92. The predicted molar refractivity (Wildman–Crippen MR) is 73.4 cm³/mol. The Hall–Kier alpha value is -0.900. The molecule has 1 aromatic rings. The molecule has 0 aromatic carbocycles. The van der Waals surface area contributed by atoms with Crippen molar-refractivity contribution in [1.82, 2.24) is 8.87 Å². The number of rotatable bonds is 4. The summed E-state index contributed by atoms with van der Waals surface area (Å²) >= 11 is 0. The maximum Gasteiger partial charge on any atom is 0.244 e. The lowest BCUT2D eigenvalue weighted by molar-refractivity contribution is 0.271. The molecular formula is C11H18N2O5S2. The van der Waals surface area contributed by atoms with Gasteiger partial charge >= 0.3 is 0 Å². The van der Waals surface area contributed by atoms with Gasteiger partial charge in [0.1, 0.15) is 4.90 Å². The van der Waals surface area contributed by atoms with Crippen molar-refractivity contribution in [2.24, 2.45) is 0 Å². The van der Waals surface area contributed by atoms with Crippen LogP contribution in [0.1, 0.15) is 12.6 Å². The van der Waals surface area contributed by atoms with Crippen LogP contribution in [0.4, 0.5) is 0 Å². The first-order valence-electron chi connectivity index (χ1n) is 6.30. The highest BCUT2D eigenvalue weighted by Crippen LogP contribution is 2.21. The van der Waals surface area contributed by atoms with E-state index in [-0.39, 0.29) is 36.1 Å². The first-order chi connectivity index (χ1) is 9.30. The van der Waals surface area contributed by atoms with E-state index in [0.29, 0.717) is 12.2 Å². The molecule has 1 aromatic heterocycles. The van der Waals surface area contributed by atoms with Gasteiger partial charge in [-0.1, -0.05) is 0 Å². The van der Waals surface area contributed by atoms with Gasteiger partial charge in [0.15, 0.2) is 9.84 Å². The molecule has 0 saturated carbocycles. The molecule has 0 atom stereocenters. The molecule has 20 heavy (non-hydrogen) atoms. The maximum atomic E-state index is 12.4. The Kier molecular flexibility index (Phi) is 4.24. The van der Waals surface area contributed by atoms with E-state index >= 15 is 0 Å². The molecule has 1 N–H and O–H groups in total. The van der Waals surface area contributed by atoms with E-state index in [0.717, 1.165) is 0 Å². The summed E-state index contributed by atoms with van der Waals surface area (Å²) in [5.41, 5.74) is 0.524. The first-order valence-corrected chi connectivity index (χ1v) is 9.57. The molecule has 0 bridgehead atoms. The standard InChI is InChI=1S/C11H18N2O5S2/c1-2-12-8-11(7-10(12)9-14)20(17,18)13-3-5-19(15,16)6-4-13/h7-8,14H,2-6,9H2,1H3. The largest absolute Gasteiger partial charge is 0.390 e. The lowest BCUT2D eigenvalue weighted by Gasteiger charge is -2.25. The number of aliphatic hydroxyl groups is 1. The van der Waals surface area contributed by atoms with Crippen molar-refractivity contribution >= 4 is 19.9 Å². The highest BCUT2D eigenvalue weighted by Gasteiger charge is 2.32. The van der Waals surface area contributed by atoms with E-state index in [2.05, 4.69) is 0 Å². The van der Waals surface area contributed by atoms with Crippen LogP contribution in [0.5, 0.6) is 0 Å². The molecule has 0 amide bonds. The topological polar surface area (TPSA) is 96.7 Å². The summed E-state index contributed by atoms with van der Waals surface area (Å²) < 4.78 is 50.4. The van der Waals surface area contributed by atoms with E-state index < -0.39 is 19.9 Å². The Labute approximate surface area is 118 Å². The van der Waals surface area contributed by atoms with Crippen LogP contribution in [0.3, 0.4) is 0 Å². The van der Waals surface area contributed by atoms with Gasteiger partial charge in [-0.05, 0) is 13.0 Å². The van der Waals surface area contributed by atoms with E-state index in [1.807, 2.05) is 6.92 Å². The van der Waals surface area contributed by atoms with Crippen molar-refractivity contribution in [3.63, 3.8) is 0 Å². The third-order valence-electron chi connectivity index (χ3n) is 3.40. The zero-order chi connectivity index (χ0) is 15.0. The molecule has 1 aliphatic heterocycles. The normalized spacial score (nSPS) is 20.1. The van der Waals surface area contributed by atoms with Gasteiger partial charge in [0.2, 0.25) is 10.0 Å². The van der Waals surface area contributed by atoms with Gasteiger partial charge < -0.3 is 9.67 Å². The average molecular weight is 322 g/mol. The second-order valence-electron chi connectivity index (χ2n) is 4.67. The minimum Gasteiger partial charge on any atom is -0.390 e. The van der Waals surface area contributed by atoms with E-state index in [9.17, 15) is 21.9 Å². The maximum absolute atomic E-state index is 12.4. The minimum absolute atomic E-state index is 0.0174. The Morgan fingerprint density at radius 2 is 1.90 bits per heavy atom. The van der Waals surface area contributed by atoms with Crippen LogP contribution >= 0.6 is 0 Å². The van der Waals surface area contributed by atoms with Gasteiger partial charge in [-0.25, -0.2) is 16.8 Å². The zero-order valence-electron chi connectivity index (χ0n) is 11.2. The lowest BCUT2D eigenvalue weighted by Crippen LogP contribution is -2.43. The van der Waals surface area contributed by atoms with Crippen molar-refractivity contribution in [2.45, 2.75) is 25.0 Å². The predicted octanol–water partition coefficient (Wildman–Crippen LogP) is -0.581. The lowest BCUT2D eigenvalue weighted by atomic mass is 10.4. The van der Waals surface area contributed by atoms with Crippen LogP contribution in [-0.4, -0.2) is 55.4 Å². The number of hydrogen-bond acceptors (Lipinski definition) is 5. The van der Waals surface area contributed by atoms with Crippen LogP contribution < -0.4 is 0 Å². The number of sulfone groups is 1. The second-order valence-corrected chi connectivity index (χ2v) is 8.91. The van der Waals surface area contributed by atoms with Crippen molar-refractivity contribution in [3.8, 4) is 0 Å². The summed E-state index contributed by atoms with van der Waals surface area (Å²) in [5, 5.41) is 9.20. The summed E-state index contributed by atoms with van der Waals surface area (Å²) in [7, 11) is -6.82. The smallest absolute Gasteiger partial charge is 0.244 e. The number of aryl methyl sites for hydroxylation is 1. The van der Waals surface area contributed by atoms with E-state index in [1.165, 1.54) is 16.6 Å². The Bertz CT molecular complexity index is 655. The van der Waals surface area contributed by atoms with Gasteiger partial charge in [-0.15, -0.1) is 0 Å². The fourth-order valence-electron chi connectivity index (χ4n) is 2.18. The van der Waals surface area contributed by atoms with Crippen molar-refractivity contribution < 1.29 is 21.9 Å². The first kappa shape index (κ1) is 15.5. The molecule has 0 spiro atoms.